The molecule has 0 bridgehead atoms. The molecule has 0 saturated heterocycles. The molecular weight excluding hydrogens is 260 g/mol. The largest absolute Gasteiger partial charge is 0.286 e. The maximum Gasteiger partial charge on any atom is 0.264 e. The van der Waals surface area contributed by atoms with Gasteiger partial charge < -0.3 is 0 Å². The van der Waals surface area contributed by atoms with Crippen LogP contribution in [0.2, 0.25) is 0 Å². The summed E-state index contributed by atoms with van der Waals surface area (Å²) in [5, 5.41) is 0. The van der Waals surface area contributed by atoms with Gasteiger partial charge in [-0.2, -0.15) is 8.42 Å². The second-order valence-corrected chi connectivity index (χ2v) is 6.69. The van der Waals surface area contributed by atoms with Crippen LogP contribution in [0.4, 0.5) is 0 Å². The standard InChI is InChI=1S/C12H26.C3H8O3S/c1-3-5-7-9-11-12-10-8-6-4-2;1-2-3-7(4,5)6/h3-12H2,1-2H3;2-3H2,1H3,(H,4,5,6). The van der Waals surface area contributed by atoms with E-state index in [2.05, 4.69) is 13.8 Å². The van der Waals surface area contributed by atoms with Crippen LogP contribution >= 0.6 is 0 Å². The summed E-state index contributed by atoms with van der Waals surface area (Å²) in [6, 6.07) is 0. The average Bonchev–Trinajstić information content (AvgIpc) is 2.32. The van der Waals surface area contributed by atoms with Crippen molar-refractivity contribution in [2.45, 2.75) is 91.4 Å². The van der Waals surface area contributed by atoms with Gasteiger partial charge in [0.25, 0.3) is 10.1 Å². The summed E-state index contributed by atoms with van der Waals surface area (Å²) < 4.78 is 27.6. The fourth-order valence-electron chi connectivity index (χ4n) is 1.82. The van der Waals surface area contributed by atoms with Crippen molar-refractivity contribution in [2.24, 2.45) is 0 Å². The summed E-state index contributed by atoms with van der Waals surface area (Å²) in [6.45, 7) is 6.25. The van der Waals surface area contributed by atoms with Crippen LogP contribution in [0.1, 0.15) is 91.4 Å². The molecule has 0 aromatic carbocycles. The Kier molecular flexibility index (Phi) is 17.8. The van der Waals surface area contributed by atoms with E-state index in [9.17, 15) is 8.42 Å². The molecule has 0 aliphatic heterocycles. The maximum atomic E-state index is 9.79. The second kappa shape index (κ2) is 16.0. The van der Waals surface area contributed by atoms with Gasteiger partial charge in [-0.05, 0) is 6.42 Å². The van der Waals surface area contributed by atoms with Crippen molar-refractivity contribution in [3.63, 3.8) is 0 Å². The molecule has 0 heterocycles. The van der Waals surface area contributed by atoms with E-state index in [0.717, 1.165) is 0 Å². The summed E-state index contributed by atoms with van der Waals surface area (Å²) in [5.74, 6) is -0.132. The molecule has 0 aliphatic rings. The van der Waals surface area contributed by atoms with Crippen LogP contribution in [-0.2, 0) is 10.1 Å². The number of hydrogen-bond acceptors (Lipinski definition) is 2. The van der Waals surface area contributed by atoms with Gasteiger partial charge in [0.2, 0.25) is 0 Å². The highest BCUT2D eigenvalue weighted by Gasteiger charge is 1.98. The first-order valence-corrected chi connectivity index (χ1v) is 9.54. The number of rotatable bonds is 11. The van der Waals surface area contributed by atoms with Crippen molar-refractivity contribution in [3.8, 4) is 0 Å². The SMILES string of the molecule is CCCCCCCCCCCC.CCCS(=O)(=O)O. The molecule has 0 unspecified atom stereocenters. The monoisotopic (exact) mass is 294 g/mol. The predicted octanol–water partition coefficient (Wildman–Crippen LogP) is 5.21. The molecule has 1 N–H and O–H groups in total. The van der Waals surface area contributed by atoms with Gasteiger partial charge in [0.05, 0.1) is 5.75 Å². The quantitative estimate of drug-likeness (QED) is 0.420. The third-order valence-electron chi connectivity index (χ3n) is 2.92. The Morgan fingerprint density at radius 3 is 1.11 bits per heavy atom. The van der Waals surface area contributed by atoms with Crippen LogP contribution in [0.5, 0.6) is 0 Å². The summed E-state index contributed by atoms with van der Waals surface area (Å²) in [4.78, 5) is 0. The van der Waals surface area contributed by atoms with Crippen molar-refractivity contribution in [2.75, 3.05) is 5.75 Å². The minimum Gasteiger partial charge on any atom is -0.286 e. The lowest BCUT2D eigenvalue weighted by Gasteiger charge is -1.99. The van der Waals surface area contributed by atoms with E-state index < -0.39 is 10.1 Å². The minimum atomic E-state index is -3.67. The van der Waals surface area contributed by atoms with Gasteiger partial charge in [-0.25, -0.2) is 0 Å². The van der Waals surface area contributed by atoms with Crippen molar-refractivity contribution in [1.82, 2.24) is 0 Å². The number of unbranched alkanes of at least 4 members (excludes halogenated alkanes) is 9. The molecule has 0 saturated carbocycles. The molecule has 118 valence electrons. The van der Waals surface area contributed by atoms with Gasteiger partial charge in [0, 0.05) is 0 Å². The van der Waals surface area contributed by atoms with Gasteiger partial charge in [-0.15, -0.1) is 0 Å². The van der Waals surface area contributed by atoms with E-state index in [1.54, 1.807) is 6.92 Å². The molecular formula is C15H34O3S. The molecule has 0 amide bonds. The van der Waals surface area contributed by atoms with E-state index in [1.807, 2.05) is 0 Å². The van der Waals surface area contributed by atoms with E-state index in [1.165, 1.54) is 64.2 Å². The van der Waals surface area contributed by atoms with Crippen LogP contribution in [0.25, 0.3) is 0 Å². The number of hydrogen-bond donors (Lipinski definition) is 1. The van der Waals surface area contributed by atoms with E-state index in [0.29, 0.717) is 6.42 Å². The van der Waals surface area contributed by atoms with Crippen LogP contribution < -0.4 is 0 Å². The Labute approximate surface area is 120 Å². The Bertz CT molecular complexity index is 238. The Morgan fingerprint density at radius 2 is 0.947 bits per heavy atom. The molecule has 0 atom stereocenters. The van der Waals surface area contributed by atoms with Gasteiger partial charge in [0.15, 0.2) is 0 Å². The molecule has 0 radical (unpaired) electrons. The summed E-state index contributed by atoms with van der Waals surface area (Å²) in [5.41, 5.74) is 0. The van der Waals surface area contributed by atoms with Gasteiger partial charge in [0.1, 0.15) is 0 Å². The van der Waals surface area contributed by atoms with Crippen molar-refractivity contribution in [3.05, 3.63) is 0 Å². The fourth-order valence-corrected chi connectivity index (χ4v) is 2.33. The summed E-state index contributed by atoms with van der Waals surface area (Å²) in [7, 11) is -3.67. The molecule has 0 rings (SSSR count). The zero-order chi connectivity index (χ0) is 15.0. The summed E-state index contributed by atoms with van der Waals surface area (Å²) >= 11 is 0. The first kappa shape index (κ1) is 21.2. The molecule has 0 aromatic heterocycles. The minimum absolute atomic E-state index is 0.132. The van der Waals surface area contributed by atoms with Crippen LogP contribution in [0.3, 0.4) is 0 Å². The molecule has 3 nitrogen and oxygen atoms in total. The van der Waals surface area contributed by atoms with Gasteiger partial charge >= 0.3 is 0 Å². The Morgan fingerprint density at radius 1 is 0.632 bits per heavy atom. The third-order valence-corrected chi connectivity index (χ3v) is 3.84. The second-order valence-electron chi connectivity index (χ2n) is 5.11. The van der Waals surface area contributed by atoms with Crippen molar-refractivity contribution < 1.29 is 13.0 Å². The smallest absolute Gasteiger partial charge is 0.264 e. The zero-order valence-corrected chi connectivity index (χ0v) is 14.0. The fraction of sp³-hybridized carbons (Fsp3) is 1.00. The molecule has 19 heavy (non-hydrogen) atoms. The normalized spacial score (nSPS) is 10.9. The molecule has 0 spiro atoms. The van der Waals surface area contributed by atoms with Crippen molar-refractivity contribution in [1.29, 1.82) is 0 Å². The van der Waals surface area contributed by atoms with Crippen molar-refractivity contribution >= 4 is 10.1 Å². The molecule has 0 fully saturated rings. The topological polar surface area (TPSA) is 54.4 Å². The lowest BCUT2D eigenvalue weighted by atomic mass is 10.1. The van der Waals surface area contributed by atoms with Crippen LogP contribution in [0, 0.1) is 0 Å². The van der Waals surface area contributed by atoms with Crippen LogP contribution in [-0.4, -0.2) is 18.7 Å². The Balaban J connectivity index is 0. The van der Waals surface area contributed by atoms with E-state index in [4.69, 9.17) is 4.55 Å². The van der Waals surface area contributed by atoms with Crippen LogP contribution in [0.15, 0.2) is 0 Å². The maximum absolute atomic E-state index is 9.79. The Hall–Kier alpha value is -0.0900. The van der Waals surface area contributed by atoms with E-state index in [-0.39, 0.29) is 5.75 Å². The summed E-state index contributed by atoms with van der Waals surface area (Å²) in [6.07, 6.45) is 14.9. The highest BCUT2D eigenvalue weighted by atomic mass is 32.2. The van der Waals surface area contributed by atoms with Gasteiger partial charge in [-0.1, -0.05) is 85.0 Å². The molecule has 0 aromatic rings. The third kappa shape index (κ3) is 27.2. The van der Waals surface area contributed by atoms with E-state index >= 15 is 0 Å². The highest BCUT2D eigenvalue weighted by Crippen LogP contribution is 2.09. The zero-order valence-electron chi connectivity index (χ0n) is 13.2. The lowest BCUT2D eigenvalue weighted by molar-refractivity contribution is 0.482. The average molecular weight is 295 g/mol. The van der Waals surface area contributed by atoms with Gasteiger partial charge in [-0.3, -0.25) is 4.55 Å². The lowest BCUT2D eigenvalue weighted by Crippen LogP contribution is -2.01. The first-order chi connectivity index (χ1) is 8.97. The highest BCUT2D eigenvalue weighted by molar-refractivity contribution is 7.85. The molecule has 4 heteroatoms. The molecule has 0 aliphatic carbocycles. The first-order valence-electron chi connectivity index (χ1n) is 7.93. The predicted molar refractivity (Wildman–Crippen MR) is 84.2 cm³/mol.